The van der Waals surface area contributed by atoms with Crippen molar-refractivity contribution in [1.82, 2.24) is 20.2 Å². The third-order valence-corrected chi connectivity index (χ3v) is 6.42. The van der Waals surface area contributed by atoms with E-state index in [4.69, 9.17) is 11.6 Å². The number of piperidine rings is 1. The van der Waals surface area contributed by atoms with Gasteiger partial charge in [-0.2, -0.15) is 0 Å². The van der Waals surface area contributed by atoms with Crippen molar-refractivity contribution < 1.29 is 4.79 Å². The fourth-order valence-corrected chi connectivity index (χ4v) is 4.61. The first-order chi connectivity index (χ1) is 14.6. The largest absolute Gasteiger partial charge is 0.370 e. The number of halogens is 1. The van der Waals surface area contributed by atoms with Crippen molar-refractivity contribution in [1.29, 1.82) is 0 Å². The molecule has 1 aromatic heterocycles. The third kappa shape index (κ3) is 4.23. The Morgan fingerprint density at radius 2 is 1.83 bits per heavy atom. The summed E-state index contributed by atoms with van der Waals surface area (Å²) < 4.78 is 0. The second-order valence-electron chi connectivity index (χ2n) is 7.91. The molecular formula is C22H29ClN6O. The molecule has 2 aliphatic rings. The monoisotopic (exact) mass is 428 g/mol. The Morgan fingerprint density at radius 3 is 2.50 bits per heavy atom. The summed E-state index contributed by atoms with van der Waals surface area (Å²) >= 11 is 6.10. The minimum Gasteiger partial charge on any atom is -0.370 e. The van der Waals surface area contributed by atoms with Crippen molar-refractivity contribution in [3.05, 3.63) is 47.2 Å². The van der Waals surface area contributed by atoms with Crippen molar-refractivity contribution in [2.45, 2.75) is 25.2 Å². The molecule has 2 saturated heterocycles. The van der Waals surface area contributed by atoms with E-state index in [-0.39, 0.29) is 5.91 Å². The molecule has 160 valence electrons. The number of benzene rings is 1. The zero-order valence-corrected chi connectivity index (χ0v) is 18.2. The molecule has 1 aromatic carbocycles. The van der Waals surface area contributed by atoms with E-state index < -0.39 is 5.41 Å². The molecule has 8 heteroatoms. The van der Waals surface area contributed by atoms with Crippen LogP contribution in [0.5, 0.6) is 0 Å². The van der Waals surface area contributed by atoms with Gasteiger partial charge >= 0.3 is 0 Å². The second kappa shape index (κ2) is 9.18. The van der Waals surface area contributed by atoms with Crippen LogP contribution in [0.3, 0.4) is 0 Å². The number of nitrogens with zero attached hydrogens (tertiary/aromatic N) is 4. The summed E-state index contributed by atoms with van der Waals surface area (Å²) in [5.41, 5.74) is 0.609. The highest BCUT2D eigenvalue weighted by molar-refractivity contribution is 6.30. The maximum absolute atomic E-state index is 13.8. The standard InChI is InChI=1S/C22H29ClN6O/c1-2-25-19-15-20(27-16-26-19)28-11-13-29(14-12-28)21(30)22(7-9-24-10-8-22)17-3-5-18(23)6-4-17/h3-6,15-16,24H,2,7-14H2,1H3,(H,25,26,27). The molecule has 2 fully saturated rings. The lowest BCUT2D eigenvalue weighted by atomic mass is 9.72. The van der Waals surface area contributed by atoms with Gasteiger partial charge in [-0.3, -0.25) is 4.79 Å². The van der Waals surface area contributed by atoms with E-state index in [0.29, 0.717) is 18.1 Å². The van der Waals surface area contributed by atoms with Crippen LogP contribution in [0.15, 0.2) is 36.7 Å². The minimum absolute atomic E-state index is 0.238. The zero-order chi connectivity index (χ0) is 21.0. The van der Waals surface area contributed by atoms with Crippen LogP contribution in [-0.2, 0) is 10.2 Å². The molecule has 0 bridgehead atoms. The molecule has 2 aromatic rings. The van der Waals surface area contributed by atoms with E-state index in [2.05, 4.69) is 25.5 Å². The van der Waals surface area contributed by atoms with Crippen molar-refractivity contribution in [3.63, 3.8) is 0 Å². The van der Waals surface area contributed by atoms with Crippen molar-refractivity contribution in [3.8, 4) is 0 Å². The van der Waals surface area contributed by atoms with Gasteiger partial charge in [0.05, 0.1) is 5.41 Å². The highest BCUT2D eigenvalue weighted by atomic mass is 35.5. The number of hydrogen-bond donors (Lipinski definition) is 2. The molecule has 3 heterocycles. The van der Waals surface area contributed by atoms with Gasteiger partial charge < -0.3 is 20.4 Å². The quantitative estimate of drug-likeness (QED) is 0.762. The van der Waals surface area contributed by atoms with Crippen LogP contribution in [-0.4, -0.2) is 66.6 Å². The number of anilines is 2. The first kappa shape index (κ1) is 20.9. The molecule has 0 atom stereocenters. The number of amides is 1. The number of rotatable bonds is 5. The molecule has 0 radical (unpaired) electrons. The van der Waals surface area contributed by atoms with Gasteiger partial charge in [-0.1, -0.05) is 23.7 Å². The topological polar surface area (TPSA) is 73.4 Å². The van der Waals surface area contributed by atoms with Crippen LogP contribution in [0.2, 0.25) is 5.02 Å². The van der Waals surface area contributed by atoms with Gasteiger partial charge in [-0.05, 0) is 50.6 Å². The Kier molecular flexibility index (Phi) is 6.39. The maximum Gasteiger partial charge on any atom is 0.233 e. The van der Waals surface area contributed by atoms with Gasteiger partial charge in [-0.25, -0.2) is 9.97 Å². The number of carbonyl (C=O) groups is 1. The molecule has 2 N–H and O–H groups in total. The van der Waals surface area contributed by atoms with Crippen molar-refractivity contribution in [2.75, 3.05) is 56.0 Å². The molecule has 0 unspecified atom stereocenters. The summed E-state index contributed by atoms with van der Waals surface area (Å²) in [6, 6.07) is 9.80. The average molecular weight is 429 g/mol. The summed E-state index contributed by atoms with van der Waals surface area (Å²) in [7, 11) is 0. The van der Waals surface area contributed by atoms with Gasteiger partial charge in [0.15, 0.2) is 0 Å². The molecule has 30 heavy (non-hydrogen) atoms. The first-order valence-corrected chi connectivity index (χ1v) is 11.1. The van der Waals surface area contributed by atoms with Crippen LogP contribution in [0.4, 0.5) is 11.6 Å². The fraction of sp³-hybridized carbons (Fsp3) is 0.500. The van der Waals surface area contributed by atoms with Crippen LogP contribution in [0.1, 0.15) is 25.3 Å². The van der Waals surface area contributed by atoms with Gasteiger partial charge in [0, 0.05) is 43.8 Å². The lowest BCUT2D eigenvalue weighted by molar-refractivity contribution is -0.139. The molecule has 2 aliphatic heterocycles. The Hall–Kier alpha value is -2.38. The molecule has 1 amide bonds. The summed E-state index contributed by atoms with van der Waals surface area (Å²) in [6.45, 7) is 7.49. The van der Waals surface area contributed by atoms with Crippen molar-refractivity contribution in [2.24, 2.45) is 0 Å². The fourth-order valence-electron chi connectivity index (χ4n) is 4.49. The molecule has 0 spiro atoms. The van der Waals surface area contributed by atoms with E-state index in [1.54, 1.807) is 6.33 Å². The maximum atomic E-state index is 13.8. The number of carbonyl (C=O) groups excluding carboxylic acids is 1. The predicted molar refractivity (Wildman–Crippen MR) is 120 cm³/mol. The van der Waals surface area contributed by atoms with E-state index in [1.807, 2.05) is 42.2 Å². The van der Waals surface area contributed by atoms with Crippen LogP contribution >= 0.6 is 11.6 Å². The first-order valence-electron chi connectivity index (χ1n) is 10.7. The SMILES string of the molecule is CCNc1cc(N2CCN(C(=O)C3(c4ccc(Cl)cc4)CCNCC3)CC2)ncn1. The Labute approximate surface area is 182 Å². The summed E-state index contributed by atoms with van der Waals surface area (Å²) in [5.74, 6) is 1.97. The Balaban J connectivity index is 1.48. The Morgan fingerprint density at radius 1 is 1.13 bits per heavy atom. The normalized spacial score (nSPS) is 18.9. The summed E-state index contributed by atoms with van der Waals surface area (Å²) in [6.07, 6.45) is 3.21. The highest BCUT2D eigenvalue weighted by Crippen LogP contribution is 2.36. The number of nitrogens with one attached hydrogen (secondary N) is 2. The lowest BCUT2D eigenvalue weighted by Gasteiger charge is -2.43. The molecule has 0 saturated carbocycles. The third-order valence-electron chi connectivity index (χ3n) is 6.16. The van der Waals surface area contributed by atoms with E-state index in [9.17, 15) is 4.79 Å². The average Bonchev–Trinajstić information content (AvgIpc) is 2.80. The van der Waals surface area contributed by atoms with Crippen LogP contribution < -0.4 is 15.5 Å². The smallest absolute Gasteiger partial charge is 0.233 e. The van der Waals surface area contributed by atoms with Crippen LogP contribution in [0.25, 0.3) is 0 Å². The number of hydrogen-bond acceptors (Lipinski definition) is 6. The Bertz CT molecular complexity index is 860. The van der Waals surface area contributed by atoms with Gasteiger partial charge in [0.25, 0.3) is 0 Å². The molecule has 4 rings (SSSR count). The second-order valence-corrected chi connectivity index (χ2v) is 8.35. The highest BCUT2D eigenvalue weighted by Gasteiger charge is 2.44. The van der Waals surface area contributed by atoms with E-state index in [0.717, 1.165) is 62.8 Å². The molecule has 0 aliphatic carbocycles. The number of piperazine rings is 1. The summed E-state index contributed by atoms with van der Waals surface area (Å²) in [4.78, 5) is 26.7. The molecular weight excluding hydrogens is 400 g/mol. The summed E-state index contributed by atoms with van der Waals surface area (Å²) in [5, 5.41) is 7.32. The number of aromatic nitrogens is 2. The lowest BCUT2D eigenvalue weighted by Crippen LogP contribution is -2.57. The minimum atomic E-state index is -0.467. The molecule has 7 nitrogen and oxygen atoms in total. The van der Waals surface area contributed by atoms with Gasteiger partial charge in [-0.15, -0.1) is 0 Å². The van der Waals surface area contributed by atoms with Gasteiger partial charge in [0.1, 0.15) is 18.0 Å². The zero-order valence-electron chi connectivity index (χ0n) is 17.4. The van der Waals surface area contributed by atoms with E-state index >= 15 is 0 Å². The van der Waals surface area contributed by atoms with Gasteiger partial charge in [0.2, 0.25) is 5.91 Å². The van der Waals surface area contributed by atoms with E-state index in [1.165, 1.54) is 0 Å². The predicted octanol–water partition coefficient (Wildman–Crippen LogP) is 2.53. The van der Waals surface area contributed by atoms with Crippen molar-refractivity contribution >= 4 is 29.1 Å². The van der Waals surface area contributed by atoms with Crippen LogP contribution in [0, 0.1) is 0 Å².